The van der Waals surface area contributed by atoms with Gasteiger partial charge in [0.15, 0.2) is 0 Å². The topological polar surface area (TPSA) is 191 Å². The fourth-order valence-electron chi connectivity index (χ4n) is 7.67. The second-order valence-corrected chi connectivity index (χ2v) is 20.9. The quantitative estimate of drug-likeness (QED) is 0.00581. The first-order valence-electron chi connectivity index (χ1n) is 27.3. The van der Waals surface area contributed by atoms with Crippen LogP contribution in [0.15, 0.2) is 119 Å². The third-order valence-corrected chi connectivity index (χ3v) is 14.6. The Balaban J connectivity index is -0.000000391. The van der Waals surface area contributed by atoms with Crippen LogP contribution in [0.25, 0.3) is 36.5 Å². The number of thioether (sulfide) groups is 2. The Kier molecular flexibility index (Phi) is 59.3. The van der Waals surface area contributed by atoms with Crippen molar-refractivity contribution in [3.05, 3.63) is 179 Å². The second kappa shape index (κ2) is 57.9. The van der Waals surface area contributed by atoms with Crippen LogP contribution in [-0.2, 0) is 56.1 Å². The Morgan fingerprint density at radius 1 is 0.596 bits per heavy atom. The van der Waals surface area contributed by atoms with E-state index in [9.17, 15) is 40.3 Å². The van der Waals surface area contributed by atoms with E-state index in [1.807, 2.05) is 102 Å². The van der Waals surface area contributed by atoms with Crippen LogP contribution >= 0.6 is 69.9 Å². The van der Waals surface area contributed by atoms with Gasteiger partial charge in [-0.1, -0.05) is 119 Å². The molecule has 13 nitrogen and oxygen atoms in total. The van der Waals surface area contributed by atoms with Crippen LogP contribution in [0.1, 0.15) is 72.1 Å². The minimum Gasteiger partial charge on any atom is -1.00 e. The Labute approximate surface area is 690 Å². The fraction of sp³-hybridized carbons (Fsp3) is 0.297. The number of benzene rings is 6. The number of hydrogen-bond donors (Lipinski definition) is 4. The molecule has 0 aliphatic rings. The normalized spacial score (nSPS) is 10.5. The van der Waals surface area contributed by atoms with Gasteiger partial charge in [0.05, 0.1) is 37.0 Å². The van der Waals surface area contributed by atoms with Crippen LogP contribution in [0.3, 0.4) is 0 Å². The standard InChI is InChI=1S/C21H21ClF3NO2S.C20H18Cl2F3NO2.C19H22ClNOS.CH3F.CH2O3.CH4O2.CH4S.2K.Na.H/c1-28-18-11-9-14(8-10-16-17(22)6-3-7-19(16)29-2)13-15(18)5-4-12-26-20(27)21(23,24)25;1-28-18-10-8-13(7-9-15-16(21)5-2-6-17(15)22)12-14(18)4-3-11-26-19(27)20(23,24)25;1-22-18-11-9-14(13-15(18)5-4-12-21)8-10-16-17(20)6-3-7-19(16)23-2;1-2;2-1-4-3;1-3-2;1-2;;;;/h3,6-11,13H,4-5,12H2,1-2H3,(H,26,27);2,5-10,12H,3-4,11H2,1H3,(H,26,27);3,6-11,13H,4-5,12,21H2,1-2H3;1H3;1,3H;2H,1H3;2H,1H3;;;;/q;;;;;;;3*+1;-1/p-2/b10-8+;9-7+;10-8+;;;;;;;;/i;;;1D;;;;;;;. The first-order valence-corrected chi connectivity index (χ1v) is 31.4. The van der Waals surface area contributed by atoms with Crippen LogP contribution in [0.2, 0.25) is 20.1 Å². The summed E-state index contributed by atoms with van der Waals surface area (Å²) in [6, 6.07) is 34.2. The molecule has 0 heterocycles. The summed E-state index contributed by atoms with van der Waals surface area (Å²) in [6.45, 7) is 0.342. The number of nitrogens with two attached hydrogens (primary N) is 1. The number of carbonyl (C=O) groups excluding carboxylic acids is 3. The number of rotatable bonds is 23. The molecule has 0 aliphatic heterocycles. The molecule has 0 aliphatic carbocycles. The molecule has 0 unspecified atom stereocenters. The number of amides is 2. The number of methoxy groups -OCH3 is 3. The molecule has 0 saturated carbocycles. The first-order chi connectivity index (χ1) is 43.9. The maximum atomic E-state index is 12.2. The Morgan fingerprint density at radius 3 is 1.14 bits per heavy atom. The van der Waals surface area contributed by atoms with Gasteiger partial charge >= 0.3 is 156 Å². The van der Waals surface area contributed by atoms with Gasteiger partial charge in [0.1, 0.15) is 17.2 Å². The molecular formula is C64H73Cl4F7K2N3NaO10S3. The Bertz CT molecular complexity index is 3230. The molecule has 0 bridgehead atoms. The van der Waals surface area contributed by atoms with Gasteiger partial charge in [-0.05, 0) is 164 Å². The van der Waals surface area contributed by atoms with Crippen molar-refractivity contribution < 1.29 is 215 Å². The van der Waals surface area contributed by atoms with Crippen molar-refractivity contribution in [3.8, 4) is 17.2 Å². The molecule has 0 atom stereocenters. The number of halogens is 11. The minimum atomic E-state index is -4.87. The summed E-state index contributed by atoms with van der Waals surface area (Å²) in [6.07, 6.45) is 11.0. The molecule has 30 heteroatoms. The number of carbonyl (C=O) groups is 3. The zero-order chi connectivity index (χ0) is 69.7. The summed E-state index contributed by atoms with van der Waals surface area (Å²) in [5.41, 5.74) is 14.0. The summed E-state index contributed by atoms with van der Waals surface area (Å²) in [5.74, 6) is -1.68. The molecule has 2 amide bonds. The van der Waals surface area contributed by atoms with E-state index < -0.39 is 31.3 Å². The second-order valence-electron chi connectivity index (χ2n) is 17.5. The minimum absolute atomic E-state index is 0. The van der Waals surface area contributed by atoms with Crippen molar-refractivity contribution in [2.24, 2.45) is 5.73 Å². The molecule has 0 fully saturated rings. The molecule has 0 aromatic heterocycles. The Hall–Kier alpha value is -1.82. The van der Waals surface area contributed by atoms with Crippen LogP contribution in [0, 0.1) is 0 Å². The van der Waals surface area contributed by atoms with Crippen molar-refractivity contribution in [2.75, 3.05) is 74.0 Å². The van der Waals surface area contributed by atoms with Gasteiger partial charge < -0.3 is 54.8 Å². The maximum Gasteiger partial charge on any atom is 1.00 e. The predicted molar refractivity (Wildman–Crippen MR) is 359 cm³/mol. The van der Waals surface area contributed by atoms with Crippen LogP contribution in [0.4, 0.5) is 30.7 Å². The molecule has 6 rings (SSSR count). The zero-order valence-corrected chi connectivity index (χ0v) is 67.3. The summed E-state index contributed by atoms with van der Waals surface area (Å²) >= 11 is 32.3. The number of alkyl halides is 7. The van der Waals surface area contributed by atoms with Crippen LogP contribution < -0.4 is 168 Å². The fourth-order valence-corrected chi connectivity index (χ4v) is 10.0. The van der Waals surface area contributed by atoms with Crippen LogP contribution in [-0.4, -0.2) is 110 Å². The number of hydrogen-bond acceptors (Lipinski definition) is 14. The number of nitrogens with one attached hydrogen (secondary N) is 2. The van der Waals surface area contributed by atoms with Crippen molar-refractivity contribution in [1.82, 2.24) is 10.6 Å². The summed E-state index contributed by atoms with van der Waals surface area (Å²) < 4.78 is 105. The molecule has 6 aromatic rings. The first kappa shape index (κ1) is 96.4. The average molecular weight is 1520 g/mol. The molecule has 94 heavy (non-hydrogen) atoms. The van der Waals surface area contributed by atoms with E-state index in [-0.39, 0.29) is 153 Å². The molecule has 502 valence electrons. The molecule has 0 saturated heterocycles. The molecular weight excluding hydrogens is 1440 g/mol. The van der Waals surface area contributed by atoms with Crippen molar-refractivity contribution >= 4 is 137 Å². The smallest absolute Gasteiger partial charge is 1.00 e. The van der Waals surface area contributed by atoms with Gasteiger partial charge in [-0.3, -0.25) is 24.0 Å². The van der Waals surface area contributed by atoms with Crippen molar-refractivity contribution in [3.63, 3.8) is 0 Å². The van der Waals surface area contributed by atoms with Crippen molar-refractivity contribution in [2.45, 2.75) is 60.7 Å². The molecule has 0 radical (unpaired) electrons. The van der Waals surface area contributed by atoms with Gasteiger partial charge in [-0.15, -0.1) is 23.5 Å². The Morgan fingerprint density at radius 2 is 0.872 bits per heavy atom. The molecule has 0 spiro atoms. The van der Waals surface area contributed by atoms with Gasteiger partial charge in [-0.2, -0.15) is 32.6 Å². The zero-order valence-electron chi connectivity index (χ0n) is 55.6. The van der Waals surface area contributed by atoms with E-state index in [4.69, 9.17) is 83.0 Å². The van der Waals surface area contributed by atoms with Gasteiger partial charge in [0, 0.05) is 59.7 Å². The predicted octanol–water partition coefficient (Wildman–Crippen LogP) is 7.18. The van der Waals surface area contributed by atoms with Crippen LogP contribution in [0.5, 0.6) is 17.2 Å². The monoisotopic (exact) mass is 1510 g/mol. The van der Waals surface area contributed by atoms with Gasteiger partial charge in [0.2, 0.25) is 0 Å². The van der Waals surface area contributed by atoms with Crippen molar-refractivity contribution in [1.29, 1.82) is 0 Å². The largest absolute Gasteiger partial charge is 1.00 e. The van der Waals surface area contributed by atoms with E-state index >= 15 is 0 Å². The van der Waals surface area contributed by atoms with E-state index in [1.165, 1.54) is 31.8 Å². The number of ether oxygens (including phenoxy) is 3. The van der Waals surface area contributed by atoms with E-state index in [2.05, 4.69) is 59.0 Å². The summed E-state index contributed by atoms with van der Waals surface area (Å²) in [7, 11) is 4.93. The average Bonchev–Trinajstić information content (AvgIpc) is 0.875. The third-order valence-electron chi connectivity index (χ3n) is 11.7. The van der Waals surface area contributed by atoms with E-state index in [0.717, 1.165) is 67.5 Å². The summed E-state index contributed by atoms with van der Waals surface area (Å²) in [4.78, 5) is 38.4. The van der Waals surface area contributed by atoms with Gasteiger partial charge in [-0.25, -0.2) is 4.89 Å². The summed E-state index contributed by atoms with van der Waals surface area (Å²) in [5, 5.41) is 21.7. The van der Waals surface area contributed by atoms with E-state index in [0.29, 0.717) is 64.4 Å². The number of aryl methyl sites for hydroxylation is 3. The SMILES string of the molecule is COO.COc1ccc(/C=C/c2c(Cl)cccc2Cl)cc1CCCNC(=O)C(F)(F)F.COc1ccc(/C=C/c2c(Cl)cccc2SC)cc1CCCN.COc1ccc(/C=C/c2c(Cl)cccc2SC)cc1CCCNC(=O)C(F)(F)F.C[S-].O=CO[O-].[2H]CF.[H-].[K+].[K+].[Na+]. The maximum absolute atomic E-state index is 12.2. The van der Waals surface area contributed by atoms with E-state index in [1.54, 1.807) is 67.2 Å². The molecule has 5 N–H and O–H groups in total. The molecule has 6 aromatic carbocycles. The third kappa shape index (κ3) is 39.3. The van der Waals surface area contributed by atoms with Gasteiger partial charge in [0.25, 0.3) is 6.47 Å².